The summed E-state index contributed by atoms with van der Waals surface area (Å²) in [6.45, 7) is 11.9. The van der Waals surface area contributed by atoms with E-state index in [0.29, 0.717) is 5.41 Å². The Balaban J connectivity index is 0.000000171. The summed E-state index contributed by atoms with van der Waals surface area (Å²) in [4.78, 5) is 0. The third-order valence-corrected chi connectivity index (χ3v) is 4.93. The van der Waals surface area contributed by atoms with Gasteiger partial charge < -0.3 is 0 Å². The van der Waals surface area contributed by atoms with Gasteiger partial charge in [0.25, 0.3) is 0 Å². The van der Waals surface area contributed by atoms with Crippen LogP contribution >= 0.6 is 0 Å². The first-order valence-corrected chi connectivity index (χ1v) is 7.89. The molecule has 2 saturated carbocycles. The number of hydrogen-bond acceptors (Lipinski definition) is 0. The van der Waals surface area contributed by atoms with Crippen molar-refractivity contribution in [1.29, 1.82) is 0 Å². The minimum absolute atomic E-state index is 0.659. The normalized spacial score (nSPS) is 33.7. The summed E-state index contributed by atoms with van der Waals surface area (Å²) < 4.78 is 0. The first kappa shape index (κ1) is 15.1. The fourth-order valence-corrected chi connectivity index (χ4v) is 2.97. The highest BCUT2D eigenvalue weighted by Crippen LogP contribution is 2.37. The van der Waals surface area contributed by atoms with Crippen molar-refractivity contribution in [2.75, 3.05) is 0 Å². The van der Waals surface area contributed by atoms with Crippen LogP contribution in [0.1, 0.15) is 86.0 Å². The van der Waals surface area contributed by atoms with Crippen LogP contribution in [0.5, 0.6) is 0 Å². The summed E-state index contributed by atoms with van der Waals surface area (Å²) in [6.07, 6.45) is 11.7. The lowest BCUT2D eigenvalue weighted by molar-refractivity contribution is 0.201. The van der Waals surface area contributed by atoms with Gasteiger partial charge in [-0.25, -0.2) is 0 Å². The van der Waals surface area contributed by atoms with Crippen LogP contribution in [0.15, 0.2) is 0 Å². The van der Waals surface area contributed by atoms with E-state index in [2.05, 4.69) is 34.6 Å². The summed E-state index contributed by atoms with van der Waals surface area (Å²) in [6, 6.07) is 0. The van der Waals surface area contributed by atoms with Crippen LogP contribution in [-0.2, 0) is 0 Å². The van der Waals surface area contributed by atoms with E-state index in [1.165, 1.54) is 51.4 Å². The Morgan fingerprint density at radius 2 is 0.882 bits per heavy atom. The van der Waals surface area contributed by atoms with Gasteiger partial charge in [-0.15, -0.1) is 0 Å². The molecule has 0 spiro atoms. The van der Waals surface area contributed by atoms with Crippen LogP contribution in [0.2, 0.25) is 0 Å². The molecule has 0 saturated heterocycles. The molecule has 0 radical (unpaired) electrons. The van der Waals surface area contributed by atoms with Crippen LogP contribution in [0.3, 0.4) is 0 Å². The Hall–Kier alpha value is 0. The van der Waals surface area contributed by atoms with Crippen molar-refractivity contribution in [3.05, 3.63) is 0 Å². The zero-order chi connectivity index (χ0) is 12.9. The van der Waals surface area contributed by atoms with E-state index >= 15 is 0 Å². The zero-order valence-corrected chi connectivity index (χ0v) is 12.9. The van der Waals surface area contributed by atoms with Gasteiger partial charge in [0.1, 0.15) is 0 Å². The smallest absolute Gasteiger partial charge is 0.0354 e. The monoisotopic (exact) mass is 238 g/mol. The maximum absolute atomic E-state index is 2.39. The Bertz CT molecular complexity index is 176. The van der Waals surface area contributed by atoms with Gasteiger partial charge in [-0.3, -0.25) is 0 Å². The molecule has 0 bridgehead atoms. The standard InChI is InChI=1S/C9H18.C8H16/c1-8-4-6-9(2,3)7-5-8;1-7-3-5-8(2)6-4-7/h8H,4-7H2,1-3H3;7-8H,3-6H2,1-2H3. The summed E-state index contributed by atoms with van der Waals surface area (Å²) in [5.74, 6) is 3.04. The van der Waals surface area contributed by atoms with E-state index in [0.717, 1.165) is 17.8 Å². The van der Waals surface area contributed by atoms with Crippen molar-refractivity contribution in [1.82, 2.24) is 0 Å². The molecule has 0 unspecified atom stereocenters. The molecule has 2 aliphatic carbocycles. The molecular weight excluding hydrogens is 204 g/mol. The van der Waals surface area contributed by atoms with Crippen LogP contribution in [-0.4, -0.2) is 0 Å². The first-order chi connectivity index (χ1) is 7.89. The zero-order valence-electron chi connectivity index (χ0n) is 12.9. The van der Waals surface area contributed by atoms with Crippen molar-refractivity contribution < 1.29 is 0 Å². The average Bonchev–Trinajstić information content (AvgIpc) is 2.28. The minimum Gasteiger partial charge on any atom is -0.0625 e. The molecule has 0 aromatic rings. The second-order valence-electron chi connectivity index (χ2n) is 7.71. The van der Waals surface area contributed by atoms with Gasteiger partial charge in [-0.05, 0) is 36.0 Å². The highest BCUT2D eigenvalue weighted by Gasteiger charge is 2.23. The van der Waals surface area contributed by atoms with Gasteiger partial charge in [-0.1, -0.05) is 73.1 Å². The second kappa shape index (κ2) is 6.81. The molecule has 0 heteroatoms. The van der Waals surface area contributed by atoms with Crippen molar-refractivity contribution >= 4 is 0 Å². The molecule has 2 rings (SSSR count). The fraction of sp³-hybridized carbons (Fsp3) is 1.00. The molecule has 2 aliphatic rings. The molecule has 0 N–H and O–H groups in total. The topological polar surface area (TPSA) is 0 Å². The van der Waals surface area contributed by atoms with Crippen molar-refractivity contribution in [3.8, 4) is 0 Å². The largest absolute Gasteiger partial charge is 0.0625 e. The summed E-state index contributed by atoms with van der Waals surface area (Å²) in [5.41, 5.74) is 0.659. The van der Waals surface area contributed by atoms with Crippen LogP contribution in [0.4, 0.5) is 0 Å². The molecule has 0 nitrogen and oxygen atoms in total. The van der Waals surface area contributed by atoms with Gasteiger partial charge in [-0.2, -0.15) is 0 Å². The van der Waals surface area contributed by atoms with E-state index in [1.54, 1.807) is 0 Å². The third-order valence-electron chi connectivity index (χ3n) is 4.93. The lowest BCUT2D eigenvalue weighted by Crippen LogP contribution is -2.19. The molecule has 0 amide bonds. The molecule has 102 valence electrons. The van der Waals surface area contributed by atoms with E-state index in [9.17, 15) is 0 Å². The Kier molecular flexibility index (Phi) is 6.03. The maximum Gasteiger partial charge on any atom is -0.0354 e. The minimum atomic E-state index is 0.659. The number of rotatable bonds is 0. The average molecular weight is 238 g/mol. The van der Waals surface area contributed by atoms with Gasteiger partial charge in [0.05, 0.1) is 0 Å². The lowest BCUT2D eigenvalue weighted by Gasteiger charge is -2.32. The van der Waals surface area contributed by atoms with Gasteiger partial charge >= 0.3 is 0 Å². The molecule has 0 aliphatic heterocycles. The molecular formula is C17H34. The highest BCUT2D eigenvalue weighted by atomic mass is 14.3. The Labute approximate surface area is 110 Å². The second-order valence-corrected chi connectivity index (χ2v) is 7.71. The van der Waals surface area contributed by atoms with E-state index in [1.807, 2.05) is 0 Å². The summed E-state index contributed by atoms with van der Waals surface area (Å²) >= 11 is 0. The van der Waals surface area contributed by atoms with Gasteiger partial charge in [0, 0.05) is 0 Å². The van der Waals surface area contributed by atoms with Crippen LogP contribution in [0.25, 0.3) is 0 Å². The maximum atomic E-state index is 2.39. The molecule has 0 atom stereocenters. The van der Waals surface area contributed by atoms with Crippen molar-refractivity contribution in [2.24, 2.45) is 23.2 Å². The van der Waals surface area contributed by atoms with Crippen LogP contribution < -0.4 is 0 Å². The quantitative estimate of drug-likeness (QED) is 0.481. The van der Waals surface area contributed by atoms with E-state index in [-0.39, 0.29) is 0 Å². The Morgan fingerprint density at radius 3 is 1.18 bits per heavy atom. The first-order valence-electron chi connectivity index (χ1n) is 7.89. The molecule has 0 heterocycles. The molecule has 0 aromatic heterocycles. The summed E-state index contributed by atoms with van der Waals surface area (Å²) in [5, 5.41) is 0. The molecule has 17 heavy (non-hydrogen) atoms. The van der Waals surface area contributed by atoms with Crippen molar-refractivity contribution in [3.63, 3.8) is 0 Å². The number of hydrogen-bond donors (Lipinski definition) is 0. The third kappa shape index (κ3) is 6.48. The highest BCUT2D eigenvalue weighted by molar-refractivity contribution is 4.76. The van der Waals surface area contributed by atoms with E-state index < -0.39 is 0 Å². The van der Waals surface area contributed by atoms with E-state index in [4.69, 9.17) is 0 Å². The van der Waals surface area contributed by atoms with Gasteiger partial charge in [0.2, 0.25) is 0 Å². The van der Waals surface area contributed by atoms with Crippen molar-refractivity contribution in [2.45, 2.75) is 86.0 Å². The predicted octanol–water partition coefficient (Wildman–Crippen LogP) is 6.06. The predicted molar refractivity (Wildman–Crippen MR) is 78.2 cm³/mol. The SMILES string of the molecule is CC1CCC(C)(C)CC1.CC1CCC(C)CC1. The Morgan fingerprint density at radius 1 is 0.588 bits per heavy atom. The van der Waals surface area contributed by atoms with Crippen LogP contribution in [0, 0.1) is 23.2 Å². The fourth-order valence-electron chi connectivity index (χ4n) is 2.97. The molecule has 0 aromatic carbocycles. The van der Waals surface area contributed by atoms with Gasteiger partial charge in [0.15, 0.2) is 0 Å². The lowest BCUT2D eigenvalue weighted by atomic mass is 9.74. The summed E-state index contributed by atoms with van der Waals surface area (Å²) in [7, 11) is 0. The molecule has 2 fully saturated rings.